The van der Waals surface area contributed by atoms with Gasteiger partial charge in [-0.15, -0.1) is 11.3 Å². The van der Waals surface area contributed by atoms with E-state index < -0.39 is 24.3 Å². The number of nitrogens with two attached hydrogens (primary N) is 1. The summed E-state index contributed by atoms with van der Waals surface area (Å²) >= 11 is 1.26. The van der Waals surface area contributed by atoms with Crippen molar-refractivity contribution in [2.75, 3.05) is 13.1 Å². The first-order valence-electron chi connectivity index (χ1n) is 5.38. The largest absolute Gasteiger partial charge is 0.480 e. The Morgan fingerprint density at radius 1 is 1.42 bits per heavy atom. The molecule has 0 aliphatic heterocycles. The van der Waals surface area contributed by atoms with Crippen molar-refractivity contribution in [3.63, 3.8) is 0 Å². The van der Waals surface area contributed by atoms with Crippen molar-refractivity contribution >= 4 is 29.1 Å². The second-order valence-electron chi connectivity index (χ2n) is 3.71. The highest BCUT2D eigenvalue weighted by Crippen LogP contribution is 2.15. The Hall–Kier alpha value is -2.00. The van der Waals surface area contributed by atoms with E-state index in [4.69, 9.17) is 10.8 Å². The number of carboxylic acids is 1. The molecule has 0 saturated carbocycles. The summed E-state index contributed by atoms with van der Waals surface area (Å²) in [6.45, 7) is 0.956. The Balaban J connectivity index is 2.42. The number of hydrogen-bond donors (Lipinski definition) is 4. The SMILES string of the molecule is CC(N)c1nc(C(=O)NCC(=O)NCC(=O)O)cs1. The number of nitrogens with one attached hydrogen (secondary N) is 2. The number of hydrogen-bond acceptors (Lipinski definition) is 6. The van der Waals surface area contributed by atoms with Gasteiger partial charge >= 0.3 is 5.97 Å². The van der Waals surface area contributed by atoms with Crippen LogP contribution in [0.4, 0.5) is 0 Å². The van der Waals surface area contributed by atoms with Gasteiger partial charge in [0.1, 0.15) is 17.2 Å². The van der Waals surface area contributed by atoms with Gasteiger partial charge in [0, 0.05) is 5.38 Å². The zero-order valence-corrected chi connectivity index (χ0v) is 11.0. The Morgan fingerprint density at radius 3 is 2.63 bits per heavy atom. The number of nitrogens with zero attached hydrogens (tertiary/aromatic N) is 1. The first kappa shape index (κ1) is 15.1. The molecule has 0 bridgehead atoms. The maximum Gasteiger partial charge on any atom is 0.322 e. The number of aromatic nitrogens is 1. The molecule has 1 heterocycles. The molecule has 0 radical (unpaired) electrons. The van der Waals surface area contributed by atoms with Crippen LogP contribution in [0.25, 0.3) is 0 Å². The van der Waals surface area contributed by atoms with Gasteiger partial charge < -0.3 is 21.5 Å². The number of thiazole rings is 1. The van der Waals surface area contributed by atoms with Gasteiger partial charge in [-0.3, -0.25) is 14.4 Å². The zero-order valence-electron chi connectivity index (χ0n) is 10.2. The molecule has 19 heavy (non-hydrogen) atoms. The Morgan fingerprint density at radius 2 is 2.11 bits per heavy atom. The zero-order chi connectivity index (χ0) is 14.4. The molecule has 1 atom stereocenters. The highest BCUT2D eigenvalue weighted by atomic mass is 32.1. The van der Waals surface area contributed by atoms with Crippen LogP contribution >= 0.6 is 11.3 Å². The number of aliphatic carboxylic acids is 1. The van der Waals surface area contributed by atoms with Gasteiger partial charge in [0.05, 0.1) is 12.6 Å². The Kier molecular flexibility index (Phi) is 5.39. The van der Waals surface area contributed by atoms with Crippen LogP contribution in [-0.4, -0.2) is 41.0 Å². The maximum atomic E-state index is 11.6. The first-order chi connectivity index (χ1) is 8.90. The number of rotatable bonds is 6. The van der Waals surface area contributed by atoms with E-state index in [-0.39, 0.29) is 18.3 Å². The van der Waals surface area contributed by atoms with Gasteiger partial charge in [-0.05, 0) is 6.92 Å². The summed E-state index contributed by atoms with van der Waals surface area (Å²) < 4.78 is 0. The molecule has 2 amide bonds. The summed E-state index contributed by atoms with van der Waals surface area (Å²) in [6.07, 6.45) is 0. The molecule has 8 nitrogen and oxygen atoms in total. The molecule has 1 aromatic rings. The maximum absolute atomic E-state index is 11.6. The van der Waals surface area contributed by atoms with Crippen molar-refractivity contribution in [2.45, 2.75) is 13.0 Å². The van der Waals surface area contributed by atoms with Crippen molar-refractivity contribution in [3.05, 3.63) is 16.1 Å². The molecule has 104 valence electrons. The molecular formula is C10H14N4O4S. The second kappa shape index (κ2) is 6.81. The summed E-state index contributed by atoms with van der Waals surface area (Å²) in [5, 5.41) is 15.0. The summed E-state index contributed by atoms with van der Waals surface area (Å²) in [6, 6.07) is -0.259. The lowest BCUT2D eigenvalue weighted by Gasteiger charge is -2.03. The van der Waals surface area contributed by atoms with E-state index >= 15 is 0 Å². The van der Waals surface area contributed by atoms with E-state index in [0.717, 1.165) is 0 Å². The van der Waals surface area contributed by atoms with Crippen molar-refractivity contribution < 1.29 is 19.5 Å². The lowest BCUT2D eigenvalue weighted by molar-refractivity contribution is -0.137. The highest BCUT2D eigenvalue weighted by Gasteiger charge is 2.13. The predicted molar refractivity (Wildman–Crippen MR) is 67.7 cm³/mol. The fourth-order valence-electron chi connectivity index (χ4n) is 1.09. The Labute approximate surface area is 113 Å². The average Bonchev–Trinajstić information content (AvgIpc) is 2.83. The van der Waals surface area contributed by atoms with E-state index in [2.05, 4.69) is 15.6 Å². The molecule has 1 rings (SSSR count). The molecule has 9 heteroatoms. The van der Waals surface area contributed by atoms with Crippen molar-refractivity contribution in [1.29, 1.82) is 0 Å². The Bertz CT molecular complexity index is 486. The monoisotopic (exact) mass is 286 g/mol. The molecule has 0 spiro atoms. The van der Waals surface area contributed by atoms with Crippen LogP contribution in [0.2, 0.25) is 0 Å². The normalized spacial score (nSPS) is 11.7. The average molecular weight is 286 g/mol. The van der Waals surface area contributed by atoms with Gasteiger partial charge in [0.15, 0.2) is 0 Å². The molecule has 5 N–H and O–H groups in total. The van der Waals surface area contributed by atoms with Crippen molar-refractivity contribution in [1.82, 2.24) is 15.6 Å². The molecule has 0 aliphatic carbocycles. The lowest BCUT2D eigenvalue weighted by atomic mass is 10.4. The first-order valence-corrected chi connectivity index (χ1v) is 6.25. The summed E-state index contributed by atoms with van der Waals surface area (Å²) in [5.41, 5.74) is 5.80. The topological polar surface area (TPSA) is 134 Å². The van der Waals surface area contributed by atoms with Crippen LogP contribution in [0.15, 0.2) is 5.38 Å². The van der Waals surface area contributed by atoms with Crippen LogP contribution in [0.1, 0.15) is 28.5 Å². The summed E-state index contributed by atoms with van der Waals surface area (Å²) in [7, 11) is 0. The van der Waals surface area contributed by atoms with Crippen LogP contribution < -0.4 is 16.4 Å². The van der Waals surface area contributed by atoms with Crippen molar-refractivity contribution in [3.8, 4) is 0 Å². The molecular weight excluding hydrogens is 272 g/mol. The van der Waals surface area contributed by atoms with E-state index in [1.54, 1.807) is 12.3 Å². The fraction of sp³-hybridized carbons (Fsp3) is 0.400. The van der Waals surface area contributed by atoms with Gasteiger partial charge in [0.25, 0.3) is 5.91 Å². The lowest BCUT2D eigenvalue weighted by Crippen LogP contribution is -2.39. The molecule has 0 aromatic carbocycles. The van der Waals surface area contributed by atoms with Crippen LogP contribution in [-0.2, 0) is 9.59 Å². The molecule has 0 saturated heterocycles. The number of carbonyl (C=O) groups excluding carboxylic acids is 2. The molecule has 1 aromatic heterocycles. The third kappa shape index (κ3) is 5.02. The number of carbonyl (C=O) groups is 3. The molecule has 1 unspecified atom stereocenters. The van der Waals surface area contributed by atoms with Crippen LogP contribution in [0, 0.1) is 0 Å². The number of amides is 2. The summed E-state index contributed by atoms with van der Waals surface area (Å²) in [4.78, 5) is 37.0. The minimum atomic E-state index is -1.15. The van der Waals surface area contributed by atoms with E-state index in [1.807, 2.05) is 0 Å². The molecule has 0 aliphatic rings. The van der Waals surface area contributed by atoms with Gasteiger partial charge in [-0.2, -0.15) is 0 Å². The molecule has 0 fully saturated rings. The minimum absolute atomic E-state index is 0.184. The smallest absolute Gasteiger partial charge is 0.322 e. The van der Waals surface area contributed by atoms with Gasteiger partial charge in [-0.25, -0.2) is 4.98 Å². The van der Waals surface area contributed by atoms with E-state index in [1.165, 1.54) is 11.3 Å². The highest BCUT2D eigenvalue weighted by molar-refractivity contribution is 7.09. The van der Waals surface area contributed by atoms with Gasteiger partial charge in [-0.1, -0.05) is 0 Å². The summed E-state index contributed by atoms with van der Waals surface area (Å²) in [5.74, 6) is -2.24. The standard InChI is InChI=1S/C10H14N4O4S/c1-5(11)10-14-6(4-19-10)9(18)13-2-7(15)12-3-8(16)17/h4-5H,2-3,11H2,1H3,(H,12,15)(H,13,18)(H,16,17). The van der Waals surface area contributed by atoms with Crippen LogP contribution in [0.5, 0.6) is 0 Å². The number of carboxylic acid groups (broad SMARTS) is 1. The second-order valence-corrected chi connectivity index (χ2v) is 4.60. The minimum Gasteiger partial charge on any atom is -0.480 e. The predicted octanol–water partition coefficient (Wildman–Crippen LogP) is -0.907. The third-order valence-corrected chi connectivity index (χ3v) is 3.04. The van der Waals surface area contributed by atoms with Gasteiger partial charge in [0.2, 0.25) is 5.91 Å². The quantitative estimate of drug-likeness (QED) is 0.535. The van der Waals surface area contributed by atoms with E-state index in [9.17, 15) is 14.4 Å². The third-order valence-electron chi connectivity index (χ3n) is 1.99. The van der Waals surface area contributed by atoms with Crippen LogP contribution in [0.3, 0.4) is 0 Å². The van der Waals surface area contributed by atoms with Crippen molar-refractivity contribution in [2.24, 2.45) is 5.73 Å². The fourth-order valence-corrected chi connectivity index (χ4v) is 1.85. The van der Waals surface area contributed by atoms with E-state index in [0.29, 0.717) is 5.01 Å².